The summed E-state index contributed by atoms with van der Waals surface area (Å²) in [6.07, 6.45) is -1.17. The fraction of sp³-hybridized carbons (Fsp3) is 0.588. The Kier molecular flexibility index (Phi) is 5.34. The molecule has 1 atom stereocenters. The van der Waals surface area contributed by atoms with Crippen LogP contribution in [0.2, 0.25) is 0 Å². The standard InChI is InChI=1S/C17H22F3NO2/c1-12(13-6-2-3-7-14(13)17(18,19)20)10-15(23)21-16(11-22)8-4-5-9-16/h2-3,6-7,12,22H,4-5,8-11H2,1H3,(H,21,23). The number of hydrogen-bond acceptors (Lipinski definition) is 2. The highest BCUT2D eigenvalue weighted by Gasteiger charge is 2.36. The van der Waals surface area contributed by atoms with Crippen molar-refractivity contribution < 1.29 is 23.1 Å². The highest BCUT2D eigenvalue weighted by molar-refractivity contribution is 5.77. The molecule has 128 valence electrons. The Balaban J connectivity index is 2.07. The molecule has 1 aliphatic carbocycles. The smallest absolute Gasteiger partial charge is 0.394 e. The molecule has 1 aliphatic rings. The van der Waals surface area contributed by atoms with Crippen molar-refractivity contribution in [2.24, 2.45) is 0 Å². The molecular formula is C17H22F3NO2. The van der Waals surface area contributed by atoms with Crippen LogP contribution in [0.5, 0.6) is 0 Å². The predicted octanol–water partition coefficient (Wildman–Crippen LogP) is 3.62. The van der Waals surface area contributed by atoms with Crippen LogP contribution in [0.4, 0.5) is 13.2 Å². The van der Waals surface area contributed by atoms with E-state index in [0.29, 0.717) is 12.8 Å². The van der Waals surface area contributed by atoms with Gasteiger partial charge in [-0.2, -0.15) is 13.2 Å². The Labute approximate surface area is 133 Å². The van der Waals surface area contributed by atoms with Crippen LogP contribution in [0, 0.1) is 0 Å². The first kappa shape index (κ1) is 17.8. The number of carbonyl (C=O) groups excluding carboxylic acids is 1. The number of alkyl halides is 3. The Morgan fingerprint density at radius 3 is 2.48 bits per heavy atom. The zero-order chi connectivity index (χ0) is 17.1. The maximum Gasteiger partial charge on any atom is 0.416 e. The number of aliphatic hydroxyl groups excluding tert-OH is 1. The summed E-state index contributed by atoms with van der Waals surface area (Å²) in [5, 5.41) is 12.3. The van der Waals surface area contributed by atoms with Crippen molar-refractivity contribution in [1.29, 1.82) is 0 Å². The van der Waals surface area contributed by atoms with Crippen LogP contribution in [0.15, 0.2) is 24.3 Å². The molecule has 0 radical (unpaired) electrons. The minimum absolute atomic E-state index is 0.0329. The number of benzene rings is 1. The molecular weight excluding hydrogens is 307 g/mol. The van der Waals surface area contributed by atoms with Crippen molar-refractivity contribution in [1.82, 2.24) is 5.32 Å². The number of amides is 1. The normalized spacial score (nSPS) is 18.7. The number of aliphatic hydroxyl groups is 1. The Morgan fingerprint density at radius 1 is 1.30 bits per heavy atom. The van der Waals surface area contributed by atoms with Gasteiger partial charge in [-0.25, -0.2) is 0 Å². The minimum Gasteiger partial charge on any atom is -0.394 e. The molecule has 2 rings (SSSR count). The summed E-state index contributed by atoms with van der Waals surface area (Å²) >= 11 is 0. The molecule has 1 saturated carbocycles. The molecule has 6 heteroatoms. The van der Waals surface area contributed by atoms with Crippen LogP contribution in [0.1, 0.15) is 56.1 Å². The van der Waals surface area contributed by atoms with E-state index in [1.165, 1.54) is 12.1 Å². The average Bonchev–Trinajstić information content (AvgIpc) is 2.95. The van der Waals surface area contributed by atoms with Crippen molar-refractivity contribution in [3.63, 3.8) is 0 Å². The first-order valence-electron chi connectivity index (χ1n) is 7.85. The highest BCUT2D eigenvalue weighted by atomic mass is 19.4. The average molecular weight is 329 g/mol. The van der Waals surface area contributed by atoms with E-state index < -0.39 is 23.2 Å². The molecule has 1 fully saturated rings. The molecule has 0 aromatic heterocycles. The van der Waals surface area contributed by atoms with Crippen molar-refractivity contribution >= 4 is 5.91 Å². The van der Waals surface area contributed by atoms with E-state index in [-0.39, 0.29) is 24.5 Å². The van der Waals surface area contributed by atoms with Gasteiger partial charge in [-0.05, 0) is 30.4 Å². The molecule has 0 spiro atoms. The molecule has 1 aromatic rings. The van der Waals surface area contributed by atoms with Gasteiger partial charge in [-0.3, -0.25) is 4.79 Å². The molecule has 0 saturated heterocycles. The summed E-state index contributed by atoms with van der Waals surface area (Å²) in [5.74, 6) is -0.865. The van der Waals surface area contributed by atoms with Crippen molar-refractivity contribution in [3.8, 4) is 0 Å². The molecule has 23 heavy (non-hydrogen) atoms. The lowest BCUT2D eigenvalue weighted by atomic mass is 9.91. The summed E-state index contributed by atoms with van der Waals surface area (Å²) in [4.78, 5) is 12.2. The number of carbonyl (C=O) groups is 1. The van der Waals surface area contributed by atoms with E-state index in [0.717, 1.165) is 18.9 Å². The van der Waals surface area contributed by atoms with Crippen molar-refractivity contribution in [3.05, 3.63) is 35.4 Å². The highest BCUT2D eigenvalue weighted by Crippen LogP contribution is 2.36. The second-order valence-corrected chi connectivity index (χ2v) is 6.38. The van der Waals surface area contributed by atoms with Crippen LogP contribution in [-0.4, -0.2) is 23.2 Å². The first-order valence-corrected chi connectivity index (χ1v) is 7.85. The Hall–Kier alpha value is -1.56. The lowest BCUT2D eigenvalue weighted by Crippen LogP contribution is -2.49. The van der Waals surface area contributed by atoms with Gasteiger partial charge in [-0.15, -0.1) is 0 Å². The molecule has 1 unspecified atom stereocenters. The fourth-order valence-electron chi connectivity index (χ4n) is 3.29. The molecule has 0 aliphatic heterocycles. The molecule has 3 nitrogen and oxygen atoms in total. The van der Waals surface area contributed by atoms with E-state index in [1.807, 2.05) is 0 Å². The third-order valence-corrected chi connectivity index (χ3v) is 4.56. The van der Waals surface area contributed by atoms with Crippen LogP contribution < -0.4 is 5.32 Å². The second-order valence-electron chi connectivity index (χ2n) is 6.38. The van der Waals surface area contributed by atoms with Gasteiger partial charge in [0.25, 0.3) is 0 Å². The van der Waals surface area contributed by atoms with Gasteiger partial charge in [-0.1, -0.05) is 38.0 Å². The number of rotatable bonds is 5. The van der Waals surface area contributed by atoms with E-state index in [1.54, 1.807) is 13.0 Å². The van der Waals surface area contributed by atoms with Gasteiger partial charge in [0.05, 0.1) is 17.7 Å². The predicted molar refractivity (Wildman–Crippen MR) is 80.9 cm³/mol. The van der Waals surface area contributed by atoms with Crippen LogP contribution in [0.25, 0.3) is 0 Å². The Morgan fingerprint density at radius 2 is 1.91 bits per heavy atom. The van der Waals surface area contributed by atoms with E-state index >= 15 is 0 Å². The lowest BCUT2D eigenvalue weighted by Gasteiger charge is -2.29. The summed E-state index contributed by atoms with van der Waals surface area (Å²) in [7, 11) is 0. The summed E-state index contributed by atoms with van der Waals surface area (Å²) < 4.78 is 39.2. The summed E-state index contributed by atoms with van der Waals surface area (Å²) in [6, 6.07) is 5.34. The largest absolute Gasteiger partial charge is 0.416 e. The third kappa shape index (κ3) is 4.25. The number of hydrogen-bond donors (Lipinski definition) is 2. The molecule has 1 amide bonds. The van der Waals surface area contributed by atoms with Gasteiger partial charge < -0.3 is 10.4 Å². The van der Waals surface area contributed by atoms with Gasteiger partial charge in [0.1, 0.15) is 0 Å². The van der Waals surface area contributed by atoms with Crippen LogP contribution in [-0.2, 0) is 11.0 Å². The van der Waals surface area contributed by atoms with Gasteiger partial charge in [0.2, 0.25) is 5.91 Å². The monoisotopic (exact) mass is 329 g/mol. The fourth-order valence-corrected chi connectivity index (χ4v) is 3.29. The van der Waals surface area contributed by atoms with E-state index in [9.17, 15) is 23.1 Å². The van der Waals surface area contributed by atoms with Gasteiger partial charge in [0.15, 0.2) is 0 Å². The number of nitrogens with one attached hydrogen (secondary N) is 1. The lowest BCUT2D eigenvalue weighted by molar-refractivity contribution is -0.138. The maximum atomic E-state index is 13.1. The van der Waals surface area contributed by atoms with E-state index in [4.69, 9.17) is 0 Å². The second kappa shape index (κ2) is 6.91. The molecule has 1 aromatic carbocycles. The van der Waals surface area contributed by atoms with Gasteiger partial charge in [0, 0.05) is 6.42 Å². The molecule has 0 heterocycles. The number of halogens is 3. The zero-order valence-electron chi connectivity index (χ0n) is 13.1. The summed E-state index contributed by atoms with van der Waals surface area (Å²) in [6.45, 7) is 1.48. The summed E-state index contributed by atoms with van der Waals surface area (Å²) in [5.41, 5.74) is -1.17. The quantitative estimate of drug-likeness (QED) is 0.867. The van der Waals surface area contributed by atoms with Crippen LogP contribution in [0.3, 0.4) is 0 Å². The zero-order valence-corrected chi connectivity index (χ0v) is 13.1. The SMILES string of the molecule is CC(CC(=O)NC1(CO)CCCC1)c1ccccc1C(F)(F)F. The molecule has 0 bridgehead atoms. The van der Waals surface area contributed by atoms with Crippen LogP contribution >= 0.6 is 0 Å². The van der Waals surface area contributed by atoms with E-state index in [2.05, 4.69) is 5.32 Å². The third-order valence-electron chi connectivity index (χ3n) is 4.56. The first-order chi connectivity index (χ1) is 10.8. The maximum absolute atomic E-state index is 13.1. The Bertz CT molecular complexity index is 551. The minimum atomic E-state index is -4.43. The molecule has 2 N–H and O–H groups in total. The van der Waals surface area contributed by atoms with Crippen molar-refractivity contribution in [2.45, 2.75) is 56.7 Å². The van der Waals surface area contributed by atoms with Crippen molar-refractivity contribution in [2.75, 3.05) is 6.61 Å². The topological polar surface area (TPSA) is 49.3 Å². The van der Waals surface area contributed by atoms with Gasteiger partial charge >= 0.3 is 6.18 Å².